The highest BCUT2D eigenvalue weighted by Gasteiger charge is 2.27. The lowest BCUT2D eigenvalue weighted by Crippen LogP contribution is -2.32. The second-order valence-electron chi connectivity index (χ2n) is 9.65. The van der Waals surface area contributed by atoms with E-state index in [0.29, 0.717) is 22.7 Å². The summed E-state index contributed by atoms with van der Waals surface area (Å²) < 4.78 is 1.68. The van der Waals surface area contributed by atoms with Crippen molar-refractivity contribution >= 4 is 17.0 Å². The summed E-state index contributed by atoms with van der Waals surface area (Å²) in [6.45, 7) is 14.4. The first-order chi connectivity index (χ1) is 17.8. The van der Waals surface area contributed by atoms with E-state index in [4.69, 9.17) is 10.7 Å². The molecule has 1 saturated heterocycles. The molecule has 0 saturated carbocycles. The van der Waals surface area contributed by atoms with E-state index in [9.17, 15) is 10.2 Å². The summed E-state index contributed by atoms with van der Waals surface area (Å²) >= 11 is 0. The van der Waals surface area contributed by atoms with Crippen LogP contribution in [0.2, 0.25) is 0 Å². The van der Waals surface area contributed by atoms with Gasteiger partial charge in [0.25, 0.3) is 0 Å². The van der Waals surface area contributed by atoms with Crippen molar-refractivity contribution in [3.63, 3.8) is 0 Å². The van der Waals surface area contributed by atoms with Crippen molar-refractivity contribution in [3.05, 3.63) is 72.8 Å². The SMILES string of the molecule is C=C(C)c1c(C2CCN(C(=C)CC)CC2)nc2c(-c3ccc(-c4ccc(O)c(O)c4)nc3)cnn2c1N. The molecule has 8 heteroatoms. The molecule has 0 radical (unpaired) electrons. The molecule has 0 unspecified atom stereocenters. The summed E-state index contributed by atoms with van der Waals surface area (Å²) in [5.41, 5.74) is 14.3. The maximum atomic E-state index is 9.84. The van der Waals surface area contributed by atoms with E-state index in [1.165, 1.54) is 17.8 Å². The number of rotatable bonds is 6. The van der Waals surface area contributed by atoms with Gasteiger partial charge in [-0.15, -0.1) is 0 Å². The number of piperidine rings is 1. The van der Waals surface area contributed by atoms with Crippen LogP contribution in [-0.2, 0) is 0 Å². The fraction of sp³-hybridized carbons (Fsp3) is 0.276. The van der Waals surface area contributed by atoms with Gasteiger partial charge in [-0.1, -0.05) is 26.1 Å². The Labute approximate surface area is 216 Å². The normalized spacial score (nSPS) is 14.3. The number of nitrogen functional groups attached to an aromatic ring is 1. The van der Waals surface area contributed by atoms with Crippen molar-refractivity contribution in [2.75, 3.05) is 18.8 Å². The summed E-state index contributed by atoms with van der Waals surface area (Å²) in [4.78, 5) is 12.1. The van der Waals surface area contributed by atoms with E-state index < -0.39 is 0 Å². The highest BCUT2D eigenvalue weighted by molar-refractivity contribution is 5.82. The molecule has 37 heavy (non-hydrogen) atoms. The summed E-state index contributed by atoms with van der Waals surface area (Å²) in [6.07, 6.45) is 6.43. The summed E-state index contributed by atoms with van der Waals surface area (Å²) in [7, 11) is 0. The monoisotopic (exact) mass is 496 g/mol. The van der Waals surface area contributed by atoms with Gasteiger partial charge in [0.05, 0.1) is 17.6 Å². The van der Waals surface area contributed by atoms with Crippen LogP contribution in [0.5, 0.6) is 11.5 Å². The number of allylic oxidation sites excluding steroid dienone is 2. The molecular weight excluding hydrogens is 464 g/mol. The number of hydrogen-bond acceptors (Lipinski definition) is 7. The lowest BCUT2D eigenvalue weighted by Gasteiger charge is -2.35. The Kier molecular flexibility index (Phi) is 6.33. The molecule has 0 spiro atoms. The molecule has 0 aliphatic carbocycles. The lowest BCUT2D eigenvalue weighted by molar-refractivity contribution is 0.256. The van der Waals surface area contributed by atoms with Crippen LogP contribution in [0.1, 0.15) is 50.3 Å². The minimum atomic E-state index is -0.184. The van der Waals surface area contributed by atoms with Gasteiger partial charge in [-0.3, -0.25) is 4.98 Å². The largest absolute Gasteiger partial charge is 0.504 e. The second kappa shape index (κ2) is 9.61. The van der Waals surface area contributed by atoms with Crippen LogP contribution >= 0.6 is 0 Å². The van der Waals surface area contributed by atoms with Crippen molar-refractivity contribution in [1.29, 1.82) is 0 Å². The number of anilines is 1. The van der Waals surface area contributed by atoms with E-state index in [-0.39, 0.29) is 17.4 Å². The van der Waals surface area contributed by atoms with Crippen LogP contribution < -0.4 is 5.73 Å². The van der Waals surface area contributed by atoms with Crippen molar-refractivity contribution in [2.24, 2.45) is 0 Å². The van der Waals surface area contributed by atoms with Gasteiger partial charge in [0, 0.05) is 53.2 Å². The first kappa shape index (κ1) is 24.4. The standard InChI is InChI=1S/C29H32N6O2/c1-5-18(4)34-12-10-19(11-13-34)27-26(17(2)3)28(30)35-29(33-27)22(16-32-35)21-6-8-23(31-15-21)20-7-9-24(36)25(37)14-20/h6-9,14-16,19,36-37H,2,4-5,10-13,30H2,1,3H3. The van der Waals surface area contributed by atoms with E-state index in [1.54, 1.807) is 23.0 Å². The number of pyridine rings is 1. The highest BCUT2D eigenvalue weighted by atomic mass is 16.3. The molecule has 3 aromatic heterocycles. The van der Waals surface area contributed by atoms with E-state index in [1.807, 2.05) is 19.1 Å². The van der Waals surface area contributed by atoms with E-state index in [0.717, 1.165) is 60.3 Å². The molecule has 190 valence electrons. The molecule has 1 aliphatic rings. The zero-order chi connectivity index (χ0) is 26.3. The molecule has 0 atom stereocenters. The fourth-order valence-corrected chi connectivity index (χ4v) is 5.07. The molecule has 1 fully saturated rings. The van der Waals surface area contributed by atoms with Gasteiger partial charge in [-0.05, 0) is 56.0 Å². The van der Waals surface area contributed by atoms with Crippen LogP contribution in [0.3, 0.4) is 0 Å². The summed E-state index contributed by atoms with van der Waals surface area (Å²) in [5.74, 6) is 0.464. The molecule has 8 nitrogen and oxygen atoms in total. The van der Waals surface area contributed by atoms with Gasteiger partial charge in [-0.25, -0.2) is 4.98 Å². The smallest absolute Gasteiger partial charge is 0.165 e. The van der Waals surface area contributed by atoms with Crippen LogP contribution in [0.4, 0.5) is 5.82 Å². The Balaban J connectivity index is 1.53. The van der Waals surface area contributed by atoms with Gasteiger partial charge in [0.2, 0.25) is 0 Å². The van der Waals surface area contributed by atoms with Crippen molar-refractivity contribution in [1.82, 2.24) is 24.5 Å². The number of aromatic nitrogens is 4. The lowest BCUT2D eigenvalue weighted by atomic mass is 9.88. The minimum absolute atomic E-state index is 0.165. The summed E-state index contributed by atoms with van der Waals surface area (Å²) in [6, 6.07) is 8.46. The van der Waals surface area contributed by atoms with Crippen molar-refractivity contribution in [2.45, 2.75) is 39.0 Å². The number of phenols is 2. The first-order valence-electron chi connectivity index (χ1n) is 12.5. The van der Waals surface area contributed by atoms with Gasteiger partial charge < -0.3 is 20.8 Å². The maximum absolute atomic E-state index is 9.84. The number of phenolic OH excluding ortho intramolecular Hbond substituents is 2. The third-order valence-electron chi connectivity index (χ3n) is 7.22. The number of hydrogen-bond donors (Lipinski definition) is 3. The average Bonchev–Trinajstić information content (AvgIpc) is 3.34. The molecular formula is C29H32N6O2. The number of nitrogens with zero attached hydrogens (tertiary/aromatic N) is 5. The van der Waals surface area contributed by atoms with Crippen LogP contribution in [0.25, 0.3) is 33.6 Å². The predicted octanol–water partition coefficient (Wildman–Crippen LogP) is 5.59. The van der Waals surface area contributed by atoms with Crippen LogP contribution in [-0.4, -0.2) is 47.8 Å². The third-order valence-corrected chi connectivity index (χ3v) is 7.22. The quantitative estimate of drug-likeness (QED) is 0.298. The minimum Gasteiger partial charge on any atom is -0.504 e. The van der Waals surface area contributed by atoms with Crippen molar-refractivity contribution < 1.29 is 10.2 Å². The number of nitrogens with two attached hydrogens (primary N) is 1. The number of benzene rings is 1. The summed E-state index contributed by atoms with van der Waals surface area (Å²) in [5, 5.41) is 24.0. The van der Waals surface area contributed by atoms with Crippen molar-refractivity contribution in [3.8, 4) is 33.9 Å². The highest BCUT2D eigenvalue weighted by Crippen LogP contribution is 2.38. The molecule has 4 N–H and O–H groups in total. The van der Waals surface area contributed by atoms with Gasteiger partial charge in [0.1, 0.15) is 5.82 Å². The molecule has 4 heterocycles. The number of fused-ring (bicyclic) bond motifs is 1. The molecule has 0 amide bonds. The zero-order valence-electron chi connectivity index (χ0n) is 21.3. The van der Waals surface area contributed by atoms with Crippen LogP contribution in [0, 0.1) is 0 Å². The van der Waals surface area contributed by atoms with E-state index in [2.05, 4.69) is 35.1 Å². The molecule has 5 rings (SSSR count). The maximum Gasteiger partial charge on any atom is 0.165 e. The Morgan fingerprint density at radius 3 is 2.41 bits per heavy atom. The average molecular weight is 497 g/mol. The first-order valence-corrected chi connectivity index (χ1v) is 12.5. The molecule has 1 aliphatic heterocycles. The van der Waals surface area contributed by atoms with Gasteiger partial charge in [0.15, 0.2) is 17.1 Å². The van der Waals surface area contributed by atoms with Gasteiger partial charge in [-0.2, -0.15) is 9.61 Å². The zero-order valence-corrected chi connectivity index (χ0v) is 21.3. The Bertz CT molecular complexity index is 1500. The predicted molar refractivity (Wildman–Crippen MR) is 147 cm³/mol. The Hall–Kier alpha value is -4.33. The Morgan fingerprint density at radius 2 is 1.78 bits per heavy atom. The third kappa shape index (κ3) is 4.39. The topological polar surface area (TPSA) is 113 Å². The molecule has 1 aromatic carbocycles. The molecule has 0 bridgehead atoms. The molecule has 4 aromatic rings. The van der Waals surface area contributed by atoms with Gasteiger partial charge >= 0.3 is 0 Å². The number of likely N-dealkylation sites (tertiary alicyclic amines) is 1. The second-order valence-corrected chi connectivity index (χ2v) is 9.65. The van der Waals surface area contributed by atoms with E-state index >= 15 is 0 Å². The van der Waals surface area contributed by atoms with Crippen LogP contribution in [0.15, 0.2) is 61.6 Å². The number of aromatic hydroxyl groups is 2. The Morgan fingerprint density at radius 1 is 1.05 bits per heavy atom. The fourth-order valence-electron chi connectivity index (χ4n) is 5.07.